The van der Waals surface area contributed by atoms with Crippen LogP contribution in [0.15, 0.2) is 53.3 Å². The lowest BCUT2D eigenvalue weighted by atomic mass is 10.1. The molecule has 2 amide bonds. The topological polar surface area (TPSA) is 62.6 Å². The van der Waals surface area contributed by atoms with E-state index in [-0.39, 0.29) is 17.2 Å². The van der Waals surface area contributed by atoms with Crippen molar-refractivity contribution in [1.29, 1.82) is 0 Å². The SMILES string of the molecule is CCCNC(=O)C1CSC(c2ccoc2)N1C(=O)c1ccccc1. The van der Waals surface area contributed by atoms with E-state index in [1.165, 1.54) is 0 Å². The molecule has 0 spiro atoms. The van der Waals surface area contributed by atoms with E-state index in [0.29, 0.717) is 17.9 Å². The van der Waals surface area contributed by atoms with Gasteiger partial charge in [0.15, 0.2) is 0 Å². The molecule has 1 N–H and O–H groups in total. The number of rotatable bonds is 5. The van der Waals surface area contributed by atoms with Crippen LogP contribution in [-0.4, -0.2) is 35.1 Å². The van der Waals surface area contributed by atoms with Gasteiger partial charge in [-0.2, -0.15) is 0 Å². The third-order valence-corrected chi connectivity index (χ3v) is 5.26. The van der Waals surface area contributed by atoms with Gasteiger partial charge in [-0.05, 0) is 24.6 Å². The van der Waals surface area contributed by atoms with E-state index in [1.54, 1.807) is 41.3 Å². The second kappa shape index (κ2) is 7.57. The van der Waals surface area contributed by atoms with Crippen molar-refractivity contribution in [3.05, 3.63) is 60.1 Å². The van der Waals surface area contributed by atoms with Crippen LogP contribution in [0.4, 0.5) is 0 Å². The Kier molecular flexibility index (Phi) is 5.25. The van der Waals surface area contributed by atoms with Crippen molar-refractivity contribution >= 4 is 23.6 Å². The van der Waals surface area contributed by atoms with Crippen LogP contribution in [0, 0.1) is 0 Å². The van der Waals surface area contributed by atoms with E-state index in [9.17, 15) is 9.59 Å². The zero-order valence-corrected chi connectivity index (χ0v) is 14.3. The number of nitrogens with one attached hydrogen (secondary N) is 1. The molecule has 126 valence electrons. The zero-order chi connectivity index (χ0) is 16.9. The highest BCUT2D eigenvalue weighted by molar-refractivity contribution is 7.99. The molecule has 1 aromatic carbocycles. The number of thioether (sulfide) groups is 1. The number of carbonyl (C=O) groups excluding carboxylic acids is 2. The van der Waals surface area contributed by atoms with Gasteiger partial charge >= 0.3 is 0 Å². The van der Waals surface area contributed by atoms with Crippen LogP contribution in [0.5, 0.6) is 0 Å². The van der Waals surface area contributed by atoms with Crippen molar-refractivity contribution in [2.45, 2.75) is 24.8 Å². The highest BCUT2D eigenvalue weighted by Gasteiger charge is 2.42. The van der Waals surface area contributed by atoms with Gasteiger partial charge in [0.25, 0.3) is 5.91 Å². The van der Waals surface area contributed by atoms with Gasteiger partial charge in [0.05, 0.1) is 12.5 Å². The third kappa shape index (κ3) is 3.33. The first-order chi connectivity index (χ1) is 11.7. The Morgan fingerprint density at radius 1 is 1.29 bits per heavy atom. The first kappa shape index (κ1) is 16.6. The second-order valence-electron chi connectivity index (χ2n) is 5.63. The van der Waals surface area contributed by atoms with E-state index in [4.69, 9.17) is 4.42 Å². The van der Waals surface area contributed by atoms with Gasteiger partial charge in [-0.3, -0.25) is 9.59 Å². The summed E-state index contributed by atoms with van der Waals surface area (Å²) in [6.07, 6.45) is 4.09. The molecule has 0 radical (unpaired) electrons. The quantitative estimate of drug-likeness (QED) is 0.905. The summed E-state index contributed by atoms with van der Waals surface area (Å²) in [7, 11) is 0. The summed E-state index contributed by atoms with van der Waals surface area (Å²) in [6.45, 7) is 2.62. The number of benzene rings is 1. The summed E-state index contributed by atoms with van der Waals surface area (Å²) < 4.78 is 5.17. The predicted octanol–water partition coefficient (Wildman–Crippen LogP) is 3.06. The largest absolute Gasteiger partial charge is 0.472 e. The van der Waals surface area contributed by atoms with E-state index < -0.39 is 6.04 Å². The minimum atomic E-state index is -0.478. The maximum absolute atomic E-state index is 13.0. The molecule has 0 aliphatic carbocycles. The fourth-order valence-corrected chi connectivity index (χ4v) is 4.13. The van der Waals surface area contributed by atoms with E-state index in [1.807, 2.05) is 31.2 Å². The average molecular weight is 344 g/mol. The van der Waals surface area contributed by atoms with Gasteiger partial charge in [0, 0.05) is 23.4 Å². The Bertz CT molecular complexity index is 688. The molecule has 1 saturated heterocycles. The van der Waals surface area contributed by atoms with Crippen LogP contribution in [0.1, 0.15) is 34.6 Å². The number of carbonyl (C=O) groups is 2. The Hall–Kier alpha value is -2.21. The smallest absolute Gasteiger partial charge is 0.255 e. The highest BCUT2D eigenvalue weighted by Crippen LogP contribution is 2.42. The maximum Gasteiger partial charge on any atom is 0.255 e. The summed E-state index contributed by atoms with van der Waals surface area (Å²) in [5.41, 5.74) is 1.48. The van der Waals surface area contributed by atoms with Crippen LogP contribution < -0.4 is 5.32 Å². The standard InChI is InChI=1S/C18H20N2O3S/c1-2-9-19-16(21)15-12-24-18(14-8-10-23-11-14)20(15)17(22)13-6-4-3-5-7-13/h3-8,10-11,15,18H,2,9,12H2,1H3,(H,19,21). The van der Waals surface area contributed by atoms with E-state index in [0.717, 1.165) is 12.0 Å². The molecule has 1 aliphatic heterocycles. The van der Waals surface area contributed by atoms with Crippen LogP contribution in [0.25, 0.3) is 0 Å². The molecular weight excluding hydrogens is 324 g/mol. The van der Waals surface area contributed by atoms with Gasteiger partial charge in [-0.1, -0.05) is 25.1 Å². The first-order valence-electron chi connectivity index (χ1n) is 8.01. The third-order valence-electron chi connectivity index (χ3n) is 3.94. The van der Waals surface area contributed by atoms with Gasteiger partial charge in [0.1, 0.15) is 11.4 Å². The van der Waals surface area contributed by atoms with Gasteiger partial charge in [0.2, 0.25) is 5.91 Å². The minimum absolute atomic E-state index is 0.0976. The van der Waals surface area contributed by atoms with Gasteiger partial charge in [-0.15, -0.1) is 11.8 Å². The second-order valence-corrected chi connectivity index (χ2v) is 6.74. The number of amides is 2. The van der Waals surface area contributed by atoms with Crippen molar-refractivity contribution in [2.24, 2.45) is 0 Å². The van der Waals surface area contributed by atoms with Gasteiger partial charge < -0.3 is 14.6 Å². The molecule has 5 nitrogen and oxygen atoms in total. The summed E-state index contributed by atoms with van der Waals surface area (Å²) in [4.78, 5) is 27.2. The zero-order valence-electron chi connectivity index (χ0n) is 13.5. The minimum Gasteiger partial charge on any atom is -0.472 e. The molecule has 3 rings (SSSR count). The fraction of sp³-hybridized carbons (Fsp3) is 0.333. The number of hydrogen-bond donors (Lipinski definition) is 1. The number of nitrogens with zero attached hydrogens (tertiary/aromatic N) is 1. The van der Waals surface area contributed by atoms with Crippen molar-refractivity contribution in [3.63, 3.8) is 0 Å². The van der Waals surface area contributed by atoms with Crippen LogP contribution in [0.2, 0.25) is 0 Å². The maximum atomic E-state index is 13.0. The Balaban J connectivity index is 1.89. The van der Waals surface area contributed by atoms with Crippen molar-refractivity contribution in [2.75, 3.05) is 12.3 Å². The molecule has 2 atom stereocenters. The van der Waals surface area contributed by atoms with Crippen LogP contribution >= 0.6 is 11.8 Å². The molecule has 6 heteroatoms. The van der Waals surface area contributed by atoms with Crippen molar-refractivity contribution in [3.8, 4) is 0 Å². The number of furan rings is 1. The van der Waals surface area contributed by atoms with Crippen molar-refractivity contribution in [1.82, 2.24) is 10.2 Å². The Labute approximate surface area is 145 Å². The highest BCUT2D eigenvalue weighted by atomic mass is 32.2. The molecule has 24 heavy (non-hydrogen) atoms. The molecule has 2 unspecified atom stereocenters. The number of hydrogen-bond acceptors (Lipinski definition) is 4. The Morgan fingerprint density at radius 3 is 2.75 bits per heavy atom. The monoisotopic (exact) mass is 344 g/mol. The van der Waals surface area contributed by atoms with Crippen molar-refractivity contribution < 1.29 is 14.0 Å². The molecule has 0 bridgehead atoms. The molecule has 1 aliphatic rings. The van der Waals surface area contributed by atoms with Gasteiger partial charge in [-0.25, -0.2) is 0 Å². The molecular formula is C18H20N2O3S. The molecule has 0 saturated carbocycles. The normalized spacial score (nSPS) is 20.1. The predicted molar refractivity (Wildman–Crippen MR) is 93.6 cm³/mol. The summed E-state index contributed by atoms with van der Waals surface area (Å²) in [5.74, 6) is 0.340. The molecule has 1 fully saturated rings. The van der Waals surface area contributed by atoms with E-state index in [2.05, 4.69) is 5.32 Å². The van der Waals surface area contributed by atoms with E-state index >= 15 is 0 Å². The lowest BCUT2D eigenvalue weighted by Crippen LogP contribution is -2.48. The summed E-state index contributed by atoms with van der Waals surface area (Å²) >= 11 is 1.59. The molecule has 2 aromatic rings. The lowest BCUT2D eigenvalue weighted by Gasteiger charge is -2.28. The summed E-state index contributed by atoms with van der Waals surface area (Å²) in [5, 5.41) is 2.69. The summed E-state index contributed by atoms with van der Waals surface area (Å²) in [6, 6.07) is 10.4. The van der Waals surface area contributed by atoms with Crippen LogP contribution in [-0.2, 0) is 4.79 Å². The molecule has 1 aromatic heterocycles. The van der Waals surface area contributed by atoms with Crippen LogP contribution in [0.3, 0.4) is 0 Å². The molecule has 2 heterocycles. The average Bonchev–Trinajstić information content (AvgIpc) is 3.28. The fourth-order valence-electron chi connectivity index (χ4n) is 2.72. The Morgan fingerprint density at radius 2 is 2.08 bits per heavy atom. The first-order valence-corrected chi connectivity index (χ1v) is 9.06. The lowest BCUT2D eigenvalue weighted by molar-refractivity contribution is -0.124.